The molecule has 0 radical (unpaired) electrons. The van der Waals surface area contributed by atoms with Crippen LogP contribution in [0.3, 0.4) is 0 Å². The Morgan fingerprint density at radius 2 is 2.00 bits per heavy atom. The Morgan fingerprint density at radius 1 is 1.42 bits per heavy atom. The zero-order chi connectivity index (χ0) is 10.4. The van der Waals surface area contributed by atoms with Gasteiger partial charge in [0.05, 0.1) is 12.7 Å². The first-order chi connectivity index (χ1) is 6.02. The van der Waals surface area contributed by atoms with E-state index in [2.05, 4.69) is 0 Å². The van der Waals surface area contributed by atoms with Crippen molar-refractivity contribution in [3.63, 3.8) is 0 Å². The third-order valence-electron chi connectivity index (χ3n) is 1.34. The summed E-state index contributed by atoms with van der Waals surface area (Å²) in [6.45, 7) is -1.13. The van der Waals surface area contributed by atoms with Gasteiger partial charge in [-0.15, -0.1) is 0 Å². The normalized spacial score (nSPS) is 19.2. The minimum atomic E-state index is -1.57. The van der Waals surface area contributed by atoms with E-state index in [0.29, 0.717) is 5.31 Å². The van der Waals surface area contributed by atoms with Gasteiger partial charge in [-0.2, -0.15) is 0 Å². The maximum atomic E-state index is 9.94. The summed E-state index contributed by atoms with van der Waals surface area (Å²) in [5.41, 5.74) is 0. The maximum Gasteiger partial charge on any atom is 0.207 e. The number of carbonyl (C=O) groups excluding carboxylic acids is 1. The van der Waals surface area contributed by atoms with Crippen molar-refractivity contribution in [3.05, 3.63) is 0 Å². The monoisotopic (exact) mass is 180 g/mol. The first-order valence-electron chi connectivity index (χ1n) is 3.83. The summed E-state index contributed by atoms with van der Waals surface area (Å²) in [4.78, 5) is 9.94. The second-order valence-electron chi connectivity index (χ2n) is 2.28. The highest BCUT2D eigenvalue weighted by molar-refractivity contribution is 5.45. The number of rotatable bonds is 6. The Balaban J connectivity index is 3.94. The molecule has 12 heavy (non-hydrogen) atoms. The molecule has 0 aliphatic carbocycles. The molecule has 6 heteroatoms. The van der Waals surface area contributed by atoms with Crippen LogP contribution in [0.2, 0.25) is 1.41 Å². The maximum absolute atomic E-state index is 9.94. The SMILES string of the molecule is [2H]N(C=O)C[C@@H](O)[C@H](O)[C@H](O)CO. The Morgan fingerprint density at radius 3 is 2.42 bits per heavy atom. The number of aliphatic hydroxyl groups excluding tert-OH is 4. The highest BCUT2D eigenvalue weighted by atomic mass is 16.4. The molecule has 0 aromatic heterocycles. The molecule has 0 heterocycles. The summed E-state index contributed by atoms with van der Waals surface area (Å²) in [5.74, 6) is 0. The van der Waals surface area contributed by atoms with Crippen LogP contribution in [0, 0.1) is 0 Å². The minimum Gasteiger partial charge on any atom is -0.394 e. The van der Waals surface area contributed by atoms with Gasteiger partial charge in [0.25, 0.3) is 0 Å². The van der Waals surface area contributed by atoms with E-state index in [0.717, 1.165) is 0 Å². The van der Waals surface area contributed by atoms with Crippen molar-refractivity contribution in [2.75, 3.05) is 13.2 Å². The second kappa shape index (κ2) is 5.90. The van der Waals surface area contributed by atoms with Crippen LogP contribution in [0.25, 0.3) is 0 Å². The molecule has 0 rings (SSSR count). The van der Waals surface area contributed by atoms with Crippen molar-refractivity contribution < 1.29 is 26.6 Å². The lowest BCUT2D eigenvalue weighted by atomic mass is 10.1. The second-order valence-corrected chi connectivity index (χ2v) is 2.28. The van der Waals surface area contributed by atoms with Gasteiger partial charge in [-0.3, -0.25) is 4.79 Å². The minimum absolute atomic E-state index is 0.154. The first kappa shape index (κ1) is 9.40. The van der Waals surface area contributed by atoms with E-state index in [1.807, 2.05) is 0 Å². The van der Waals surface area contributed by atoms with Crippen LogP contribution in [-0.4, -0.2) is 58.3 Å². The third kappa shape index (κ3) is 3.63. The first-order valence-corrected chi connectivity index (χ1v) is 3.38. The van der Waals surface area contributed by atoms with Crippen molar-refractivity contribution in [2.45, 2.75) is 18.3 Å². The van der Waals surface area contributed by atoms with Crippen molar-refractivity contribution in [2.24, 2.45) is 0 Å². The Labute approximate surface area is 70.9 Å². The fourth-order valence-electron chi connectivity index (χ4n) is 0.623. The van der Waals surface area contributed by atoms with Crippen LogP contribution in [0.15, 0.2) is 0 Å². The average molecular weight is 180 g/mol. The van der Waals surface area contributed by atoms with Gasteiger partial charge in [0.2, 0.25) is 6.41 Å². The third-order valence-corrected chi connectivity index (χ3v) is 1.34. The smallest absolute Gasteiger partial charge is 0.207 e. The van der Waals surface area contributed by atoms with E-state index >= 15 is 0 Å². The van der Waals surface area contributed by atoms with Crippen LogP contribution in [-0.2, 0) is 4.79 Å². The number of hydrogen-bond donors (Lipinski definition) is 5. The van der Waals surface area contributed by atoms with E-state index in [1.165, 1.54) is 0 Å². The fraction of sp³-hybridized carbons (Fsp3) is 0.833. The van der Waals surface area contributed by atoms with Gasteiger partial charge >= 0.3 is 0 Å². The van der Waals surface area contributed by atoms with Crippen molar-refractivity contribution in [3.8, 4) is 0 Å². The highest BCUT2D eigenvalue weighted by Crippen LogP contribution is 1.98. The zero-order valence-electron chi connectivity index (χ0n) is 7.37. The van der Waals surface area contributed by atoms with E-state index < -0.39 is 31.5 Å². The summed E-state index contributed by atoms with van der Waals surface area (Å²) < 4.78 is 6.79. The summed E-state index contributed by atoms with van der Waals surface area (Å²) in [5, 5.41) is 35.7. The lowest BCUT2D eigenvalue weighted by Gasteiger charge is -2.20. The molecule has 0 aromatic rings. The van der Waals surface area contributed by atoms with Crippen molar-refractivity contribution in [1.82, 2.24) is 5.31 Å². The van der Waals surface area contributed by atoms with Crippen LogP contribution in [0.1, 0.15) is 0 Å². The molecule has 0 aliphatic rings. The molecule has 6 nitrogen and oxygen atoms in total. The molecule has 0 unspecified atom stereocenters. The molecule has 0 saturated heterocycles. The molecule has 0 aliphatic heterocycles. The molecule has 5 N–H and O–H groups in total. The number of aliphatic hydroxyl groups is 4. The van der Waals surface area contributed by atoms with Crippen LogP contribution in [0.4, 0.5) is 0 Å². The summed E-state index contributed by atoms with van der Waals surface area (Å²) in [7, 11) is 0. The molecule has 72 valence electrons. The topological polar surface area (TPSA) is 110 Å². The fourth-order valence-corrected chi connectivity index (χ4v) is 0.623. The van der Waals surface area contributed by atoms with Gasteiger partial charge in [0.15, 0.2) is 1.41 Å². The lowest BCUT2D eigenvalue weighted by molar-refractivity contribution is -0.111. The predicted molar refractivity (Wildman–Crippen MR) is 39.2 cm³/mol. The van der Waals surface area contributed by atoms with Crippen LogP contribution >= 0.6 is 0 Å². The molecular weight excluding hydrogens is 166 g/mol. The van der Waals surface area contributed by atoms with Crippen LogP contribution in [0.5, 0.6) is 0 Å². The predicted octanol–water partition coefficient (Wildman–Crippen LogP) is -3.19. The van der Waals surface area contributed by atoms with E-state index in [-0.39, 0.29) is 6.41 Å². The summed E-state index contributed by atoms with van der Waals surface area (Å²) >= 11 is 0. The number of nitrogens with one attached hydrogen (secondary N) is 1. The van der Waals surface area contributed by atoms with Crippen LogP contribution < -0.4 is 5.31 Å². The molecule has 1 amide bonds. The summed E-state index contributed by atoms with van der Waals surface area (Å²) in [6.07, 6.45) is -4.35. The molecular formula is C6H13NO5. The Kier molecular flexibility index (Phi) is 4.62. The molecule has 3 atom stereocenters. The van der Waals surface area contributed by atoms with Crippen molar-refractivity contribution in [1.29, 1.82) is 0 Å². The van der Waals surface area contributed by atoms with E-state index in [1.54, 1.807) is 0 Å². The Bertz CT molecular complexity index is 158. The van der Waals surface area contributed by atoms with E-state index in [9.17, 15) is 4.79 Å². The Hall–Kier alpha value is -0.690. The van der Waals surface area contributed by atoms with Gasteiger partial charge in [-0.05, 0) is 0 Å². The quantitative estimate of drug-likeness (QED) is 0.277. The standard InChI is InChI=1S/C6H13NO5/c8-2-5(11)6(12)4(10)1-7-3-9/h3-6,8,10-12H,1-2H2,(H,7,9)/t4-,5-,6+/m1/s1/i/hD. The van der Waals surface area contributed by atoms with Gasteiger partial charge in [-0.25, -0.2) is 0 Å². The number of carbonyl (C=O) groups is 1. The molecule has 0 spiro atoms. The summed E-state index contributed by atoms with van der Waals surface area (Å²) in [6, 6.07) is 0. The van der Waals surface area contributed by atoms with Gasteiger partial charge in [0, 0.05) is 6.54 Å². The van der Waals surface area contributed by atoms with E-state index in [4.69, 9.17) is 21.8 Å². The largest absolute Gasteiger partial charge is 0.394 e. The molecule has 0 aromatic carbocycles. The molecule has 0 saturated carbocycles. The number of amides is 1. The average Bonchev–Trinajstić information content (AvgIpc) is 2.14. The molecule has 0 fully saturated rings. The van der Waals surface area contributed by atoms with Crippen molar-refractivity contribution >= 4 is 6.41 Å². The lowest BCUT2D eigenvalue weighted by Crippen LogP contribution is -2.44. The van der Waals surface area contributed by atoms with Gasteiger partial charge in [0.1, 0.15) is 12.2 Å². The zero-order valence-corrected chi connectivity index (χ0v) is 6.37. The highest BCUT2D eigenvalue weighted by Gasteiger charge is 2.23. The van der Waals surface area contributed by atoms with Gasteiger partial charge < -0.3 is 25.7 Å². The molecule has 0 bridgehead atoms. The number of hydrogen-bond acceptors (Lipinski definition) is 5. The van der Waals surface area contributed by atoms with Gasteiger partial charge in [-0.1, -0.05) is 0 Å².